The average Bonchev–Trinajstić information content (AvgIpc) is 3.09. The van der Waals surface area contributed by atoms with Gasteiger partial charge in [-0.1, -0.05) is 12.1 Å². The first-order valence-electron chi connectivity index (χ1n) is 8.24. The molecule has 0 amide bonds. The summed E-state index contributed by atoms with van der Waals surface area (Å²) in [7, 11) is 3.00. The van der Waals surface area contributed by atoms with Crippen LogP contribution in [-0.2, 0) is 6.54 Å². The van der Waals surface area contributed by atoms with Crippen molar-refractivity contribution < 1.29 is 18.7 Å². The van der Waals surface area contributed by atoms with Crippen molar-refractivity contribution in [3.8, 4) is 11.5 Å². The second kappa shape index (κ2) is 6.60. The summed E-state index contributed by atoms with van der Waals surface area (Å²) >= 11 is 0. The number of fused-ring (bicyclic) bond motifs is 3. The third kappa shape index (κ3) is 2.83. The van der Waals surface area contributed by atoms with Gasteiger partial charge in [0.2, 0.25) is 5.58 Å². The Bertz CT molecular complexity index is 1220. The molecule has 4 aromatic rings. The molecule has 0 aliphatic carbocycles. The average molecular weight is 364 g/mol. The van der Waals surface area contributed by atoms with E-state index in [0.717, 1.165) is 5.39 Å². The van der Waals surface area contributed by atoms with Crippen LogP contribution < -0.4 is 15.0 Å². The lowest BCUT2D eigenvalue weighted by Gasteiger charge is -2.10. The highest BCUT2D eigenvalue weighted by Gasteiger charge is 2.17. The molecule has 0 atom stereocenters. The predicted molar refractivity (Wildman–Crippen MR) is 99.7 cm³/mol. The number of methoxy groups -OCH3 is 2. The minimum absolute atomic E-state index is 0.133. The molecule has 0 aliphatic rings. The molecular weight excluding hydrogens is 348 g/mol. The van der Waals surface area contributed by atoms with Gasteiger partial charge in [-0.2, -0.15) is 0 Å². The lowest BCUT2D eigenvalue weighted by Crippen LogP contribution is -2.24. The molecular formula is C20H16N2O5. The van der Waals surface area contributed by atoms with Crippen molar-refractivity contribution >= 4 is 27.9 Å². The first-order chi connectivity index (χ1) is 13.1. The summed E-state index contributed by atoms with van der Waals surface area (Å²) < 4.78 is 17.3. The van der Waals surface area contributed by atoms with E-state index in [-0.39, 0.29) is 17.9 Å². The summed E-state index contributed by atoms with van der Waals surface area (Å²) in [6, 6.07) is 12.2. The molecule has 2 heterocycles. The van der Waals surface area contributed by atoms with Crippen molar-refractivity contribution in [2.75, 3.05) is 14.2 Å². The van der Waals surface area contributed by atoms with E-state index in [1.54, 1.807) is 24.3 Å². The minimum Gasteiger partial charge on any atom is -0.497 e. The zero-order chi connectivity index (χ0) is 19.0. The van der Waals surface area contributed by atoms with Crippen LogP contribution in [0.1, 0.15) is 10.4 Å². The Morgan fingerprint density at radius 3 is 2.74 bits per heavy atom. The highest BCUT2D eigenvalue weighted by molar-refractivity contribution is 6.02. The standard InChI is InChI=1S/C20H16N2O5/c1-25-12-7-8-13(17(9-12)26-2)15(23)10-22-11-21-18-14-5-3-4-6-16(14)27-19(18)20(22)24/h3-9,11H,10H2,1-2H3. The molecule has 7 heteroatoms. The highest BCUT2D eigenvalue weighted by atomic mass is 16.5. The van der Waals surface area contributed by atoms with Crippen LogP contribution in [0.25, 0.3) is 22.1 Å². The first kappa shape index (κ1) is 16.8. The van der Waals surface area contributed by atoms with Crippen LogP contribution in [0, 0.1) is 0 Å². The van der Waals surface area contributed by atoms with E-state index in [2.05, 4.69) is 4.98 Å². The topological polar surface area (TPSA) is 83.6 Å². The van der Waals surface area contributed by atoms with E-state index in [4.69, 9.17) is 13.9 Å². The van der Waals surface area contributed by atoms with Gasteiger partial charge in [-0.25, -0.2) is 4.98 Å². The Kier molecular flexibility index (Phi) is 4.12. The maximum absolute atomic E-state index is 12.7. The third-order valence-corrected chi connectivity index (χ3v) is 4.37. The Morgan fingerprint density at radius 2 is 1.96 bits per heavy atom. The smallest absolute Gasteiger partial charge is 0.297 e. The number of nitrogens with zero attached hydrogens (tertiary/aromatic N) is 2. The second-order valence-corrected chi connectivity index (χ2v) is 5.94. The van der Waals surface area contributed by atoms with E-state index >= 15 is 0 Å². The van der Waals surface area contributed by atoms with Crippen LogP contribution in [0.5, 0.6) is 11.5 Å². The van der Waals surface area contributed by atoms with Gasteiger partial charge in [-0.3, -0.25) is 14.2 Å². The quantitative estimate of drug-likeness (QED) is 0.506. The number of rotatable bonds is 5. The third-order valence-electron chi connectivity index (χ3n) is 4.37. The molecule has 7 nitrogen and oxygen atoms in total. The van der Waals surface area contributed by atoms with E-state index < -0.39 is 5.56 Å². The van der Waals surface area contributed by atoms with Gasteiger partial charge in [0.15, 0.2) is 5.78 Å². The van der Waals surface area contributed by atoms with Gasteiger partial charge >= 0.3 is 0 Å². The van der Waals surface area contributed by atoms with Gasteiger partial charge in [-0.05, 0) is 24.3 Å². The van der Waals surface area contributed by atoms with E-state index in [1.807, 2.05) is 18.2 Å². The molecule has 0 N–H and O–H groups in total. The first-order valence-corrected chi connectivity index (χ1v) is 8.24. The molecule has 2 aromatic heterocycles. The van der Waals surface area contributed by atoms with Gasteiger partial charge in [0.1, 0.15) is 22.6 Å². The fourth-order valence-electron chi connectivity index (χ4n) is 3.00. The Balaban J connectivity index is 1.73. The molecule has 2 aromatic carbocycles. The van der Waals surface area contributed by atoms with Gasteiger partial charge in [0, 0.05) is 11.5 Å². The van der Waals surface area contributed by atoms with Crippen molar-refractivity contribution in [3.63, 3.8) is 0 Å². The molecule has 0 spiro atoms. The second-order valence-electron chi connectivity index (χ2n) is 5.94. The Hall–Kier alpha value is -3.61. The maximum atomic E-state index is 12.7. The lowest BCUT2D eigenvalue weighted by atomic mass is 10.1. The van der Waals surface area contributed by atoms with Crippen LogP contribution in [0.2, 0.25) is 0 Å². The molecule has 0 bridgehead atoms. The largest absolute Gasteiger partial charge is 0.497 e. The van der Waals surface area contributed by atoms with Crippen LogP contribution in [0.15, 0.2) is 58.0 Å². The molecule has 136 valence electrons. The van der Waals surface area contributed by atoms with Crippen LogP contribution >= 0.6 is 0 Å². The number of para-hydroxylation sites is 1. The van der Waals surface area contributed by atoms with E-state index in [9.17, 15) is 9.59 Å². The summed E-state index contributed by atoms with van der Waals surface area (Å²) in [5.41, 5.74) is 1.15. The number of carbonyl (C=O) groups is 1. The maximum Gasteiger partial charge on any atom is 0.297 e. The number of aromatic nitrogens is 2. The van der Waals surface area contributed by atoms with E-state index in [0.29, 0.717) is 28.2 Å². The van der Waals surface area contributed by atoms with Crippen LogP contribution in [0.4, 0.5) is 0 Å². The predicted octanol–water partition coefficient (Wildman–Crippen LogP) is 3.04. The monoisotopic (exact) mass is 364 g/mol. The molecule has 0 saturated heterocycles. The summed E-state index contributed by atoms with van der Waals surface area (Å²) in [5.74, 6) is 0.671. The van der Waals surface area contributed by atoms with Crippen LogP contribution in [-0.4, -0.2) is 29.6 Å². The van der Waals surface area contributed by atoms with Crippen molar-refractivity contribution in [2.45, 2.75) is 6.54 Å². The number of benzene rings is 2. The van der Waals surface area contributed by atoms with Gasteiger partial charge < -0.3 is 13.9 Å². The Labute approximate surface area is 153 Å². The molecule has 27 heavy (non-hydrogen) atoms. The summed E-state index contributed by atoms with van der Waals surface area (Å²) in [6.45, 7) is -0.179. The fraction of sp³-hybridized carbons (Fsp3) is 0.150. The zero-order valence-electron chi connectivity index (χ0n) is 14.8. The summed E-state index contributed by atoms with van der Waals surface area (Å²) in [4.78, 5) is 29.8. The van der Waals surface area contributed by atoms with Gasteiger partial charge in [0.25, 0.3) is 5.56 Å². The molecule has 0 saturated carbocycles. The summed E-state index contributed by atoms with van der Waals surface area (Å²) in [6.07, 6.45) is 1.36. The zero-order valence-corrected chi connectivity index (χ0v) is 14.8. The SMILES string of the molecule is COc1ccc(C(=O)Cn2cnc3c(oc4ccccc43)c2=O)c(OC)c1. The fourth-order valence-corrected chi connectivity index (χ4v) is 3.00. The van der Waals surface area contributed by atoms with Gasteiger partial charge in [-0.15, -0.1) is 0 Å². The lowest BCUT2D eigenvalue weighted by molar-refractivity contribution is 0.0967. The summed E-state index contributed by atoms with van der Waals surface area (Å²) in [5, 5.41) is 0.764. The molecule has 0 unspecified atom stereocenters. The molecule has 0 radical (unpaired) electrons. The van der Waals surface area contributed by atoms with Crippen molar-refractivity contribution in [3.05, 3.63) is 64.7 Å². The van der Waals surface area contributed by atoms with Crippen molar-refractivity contribution in [1.29, 1.82) is 0 Å². The molecule has 0 aliphatic heterocycles. The van der Waals surface area contributed by atoms with E-state index in [1.165, 1.54) is 25.1 Å². The minimum atomic E-state index is -0.406. The molecule has 4 rings (SSSR count). The number of carbonyl (C=O) groups excluding carboxylic acids is 1. The molecule has 0 fully saturated rings. The normalized spacial score (nSPS) is 11.0. The van der Waals surface area contributed by atoms with Crippen molar-refractivity contribution in [2.24, 2.45) is 0 Å². The number of hydrogen-bond donors (Lipinski definition) is 0. The number of hydrogen-bond acceptors (Lipinski definition) is 6. The van der Waals surface area contributed by atoms with Crippen molar-refractivity contribution in [1.82, 2.24) is 9.55 Å². The Morgan fingerprint density at radius 1 is 1.15 bits per heavy atom. The number of ether oxygens (including phenoxy) is 2. The highest BCUT2D eigenvalue weighted by Crippen LogP contribution is 2.26. The number of Topliss-reactive ketones (excluding diaryl/α,β-unsaturated/α-hetero) is 1. The number of furan rings is 1. The van der Waals surface area contributed by atoms with Gasteiger partial charge in [0.05, 0.1) is 32.7 Å². The van der Waals surface area contributed by atoms with Crippen LogP contribution in [0.3, 0.4) is 0 Å². The number of ketones is 1.